The Labute approximate surface area is 130 Å². The number of rotatable bonds is 3. The minimum Gasteiger partial charge on any atom is -0.478 e. The second kappa shape index (κ2) is 6.87. The monoisotopic (exact) mass is 333 g/mol. The predicted molar refractivity (Wildman–Crippen MR) is 76.5 cm³/mol. The fourth-order valence-electron chi connectivity index (χ4n) is 1.67. The summed E-state index contributed by atoms with van der Waals surface area (Å²) in [4.78, 5) is 45.5. The normalized spacial score (nSPS) is 12.7. The van der Waals surface area contributed by atoms with E-state index >= 15 is 0 Å². The van der Waals surface area contributed by atoms with Crippen LogP contribution in [-0.4, -0.2) is 34.0 Å². The van der Waals surface area contributed by atoms with E-state index in [9.17, 15) is 19.2 Å². The molecule has 7 nitrogen and oxygen atoms in total. The van der Waals surface area contributed by atoms with Gasteiger partial charge in [-0.25, -0.2) is 14.5 Å². The highest BCUT2D eigenvalue weighted by atomic mass is 35.5. The molecule has 0 spiro atoms. The standard InChI is InChI=1S/C12H7NO6.2ClH/c14-9-3-4-10(15)13(9)8-2-1-6(11(16)17)5-7(8)12(18)19;;/h1-5H,(H,16,17)(H,18,19);2*1H. The summed E-state index contributed by atoms with van der Waals surface area (Å²) < 4.78 is 0. The average molecular weight is 334 g/mol. The molecule has 1 aliphatic heterocycles. The third-order valence-electron chi connectivity index (χ3n) is 2.52. The molecule has 0 saturated carbocycles. The van der Waals surface area contributed by atoms with Crippen LogP contribution in [0.3, 0.4) is 0 Å². The molecule has 1 aromatic carbocycles. The lowest BCUT2D eigenvalue weighted by atomic mass is 10.1. The zero-order chi connectivity index (χ0) is 14.2. The minimum absolute atomic E-state index is 0. The van der Waals surface area contributed by atoms with Gasteiger partial charge in [0.2, 0.25) is 0 Å². The van der Waals surface area contributed by atoms with Gasteiger partial charge in [-0.05, 0) is 18.2 Å². The van der Waals surface area contributed by atoms with Crippen LogP contribution in [0.5, 0.6) is 0 Å². The van der Waals surface area contributed by atoms with Crippen molar-refractivity contribution in [3.63, 3.8) is 0 Å². The molecule has 0 aliphatic carbocycles. The fraction of sp³-hybridized carbons (Fsp3) is 0. The summed E-state index contributed by atoms with van der Waals surface area (Å²) in [6.45, 7) is 0. The Morgan fingerprint density at radius 3 is 1.86 bits per heavy atom. The first kappa shape index (κ1) is 18.6. The third-order valence-corrected chi connectivity index (χ3v) is 2.52. The van der Waals surface area contributed by atoms with Crippen molar-refractivity contribution in [2.75, 3.05) is 4.90 Å². The van der Waals surface area contributed by atoms with Gasteiger partial charge in [-0.1, -0.05) is 0 Å². The second-order valence-corrected chi connectivity index (χ2v) is 3.69. The van der Waals surface area contributed by atoms with Crippen molar-refractivity contribution in [3.8, 4) is 0 Å². The highest BCUT2D eigenvalue weighted by Crippen LogP contribution is 2.25. The molecule has 1 heterocycles. The Kier molecular flexibility index (Phi) is 6.09. The molecule has 9 heteroatoms. The third kappa shape index (κ3) is 3.39. The van der Waals surface area contributed by atoms with Gasteiger partial charge in [0.15, 0.2) is 0 Å². The highest BCUT2D eigenvalue weighted by Gasteiger charge is 2.29. The van der Waals surface area contributed by atoms with Crippen molar-refractivity contribution in [3.05, 3.63) is 41.5 Å². The van der Waals surface area contributed by atoms with E-state index in [0.29, 0.717) is 4.90 Å². The number of carbonyl (C=O) groups excluding carboxylic acids is 2. The Bertz CT molecular complexity index is 637. The van der Waals surface area contributed by atoms with Crippen LogP contribution in [0.25, 0.3) is 0 Å². The smallest absolute Gasteiger partial charge is 0.337 e. The number of hydrogen-bond acceptors (Lipinski definition) is 4. The lowest BCUT2D eigenvalue weighted by Crippen LogP contribution is -2.31. The molecule has 2 rings (SSSR count). The summed E-state index contributed by atoms with van der Waals surface area (Å²) >= 11 is 0. The van der Waals surface area contributed by atoms with Gasteiger partial charge in [0.1, 0.15) is 0 Å². The number of carboxylic acid groups (broad SMARTS) is 2. The number of carboxylic acids is 2. The van der Waals surface area contributed by atoms with E-state index in [4.69, 9.17) is 10.2 Å². The number of anilines is 1. The van der Waals surface area contributed by atoms with Crippen LogP contribution in [0.4, 0.5) is 5.69 Å². The number of imide groups is 1. The molecular weight excluding hydrogens is 325 g/mol. The SMILES string of the molecule is Cl.Cl.O=C(O)c1ccc(N2C(=O)C=CC2=O)c(C(=O)O)c1. The zero-order valence-electron chi connectivity index (χ0n) is 10.2. The lowest BCUT2D eigenvalue weighted by Gasteiger charge is -2.16. The number of halogens is 2. The van der Waals surface area contributed by atoms with E-state index in [2.05, 4.69) is 0 Å². The molecule has 0 saturated heterocycles. The van der Waals surface area contributed by atoms with Crippen molar-refractivity contribution in [2.45, 2.75) is 0 Å². The van der Waals surface area contributed by atoms with Crippen LogP contribution in [0, 0.1) is 0 Å². The Hall–Kier alpha value is -2.38. The topological polar surface area (TPSA) is 112 Å². The molecule has 0 atom stereocenters. The van der Waals surface area contributed by atoms with Crippen molar-refractivity contribution < 1.29 is 29.4 Å². The van der Waals surface area contributed by atoms with Gasteiger partial charge in [0.25, 0.3) is 11.8 Å². The van der Waals surface area contributed by atoms with Gasteiger partial charge < -0.3 is 10.2 Å². The molecule has 1 aliphatic rings. The molecule has 112 valence electrons. The maximum atomic E-state index is 11.5. The maximum Gasteiger partial charge on any atom is 0.337 e. The number of hydrogen-bond donors (Lipinski definition) is 2. The molecule has 0 unspecified atom stereocenters. The van der Waals surface area contributed by atoms with E-state index < -0.39 is 29.3 Å². The molecule has 2 amide bonds. The van der Waals surface area contributed by atoms with Crippen molar-refractivity contribution in [1.29, 1.82) is 0 Å². The molecule has 1 aromatic rings. The van der Waals surface area contributed by atoms with Gasteiger partial charge in [-0.15, -0.1) is 24.8 Å². The molecule has 0 fully saturated rings. The number of nitrogens with zero attached hydrogens (tertiary/aromatic N) is 1. The van der Waals surface area contributed by atoms with Gasteiger partial charge in [0.05, 0.1) is 16.8 Å². The van der Waals surface area contributed by atoms with Gasteiger partial charge in [-0.3, -0.25) is 9.59 Å². The molecule has 0 bridgehead atoms. The van der Waals surface area contributed by atoms with Crippen LogP contribution in [0.1, 0.15) is 20.7 Å². The summed E-state index contributed by atoms with van der Waals surface area (Å²) in [6, 6.07) is 3.15. The highest BCUT2D eigenvalue weighted by molar-refractivity contribution is 6.29. The van der Waals surface area contributed by atoms with Gasteiger partial charge in [-0.2, -0.15) is 0 Å². The molecule has 21 heavy (non-hydrogen) atoms. The maximum absolute atomic E-state index is 11.5. The Morgan fingerprint density at radius 2 is 1.43 bits per heavy atom. The summed E-state index contributed by atoms with van der Waals surface area (Å²) in [7, 11) is 0. The van der Waals surface area contributed by atoms with E-state index in [1.165, 1.54) is 0 Å². The average Bonchev–Trinajstić information content (AvgIpc) is 2.68. The van der Waals surface area contributed by atoms with Gasteiger partial charge in [0, 0.05) is 12.2 Å². The van der Waals surface area contributed by atoms with Crippen molar-refractivity contribution in [1.82, 2.24) is 0 Å². The first-order valence-corrected chi connectivity index (χ1v) is 5.08. The second-order valence-electron chi connectivity index (χ2n) is 3.69. The number of carbonyl (C=O) groups is 4. The van der Waals surface area contributed by atoms with Crippen molar-refractivity contribution >= 4 is 54.3 Å². The van der Waals surface area contributed by atoms with Crippen LogP contribution < -0.4 is 4.90 Å². The summed E-state index contributed by atoms with van der Waals surface area (Å²) in [5, 5.41) is 17.8. The largest absolute Gasteiger partial charge is 0.478 e. The van der Waals surface area contributed by atoms with E-state index in [1.807, 2.05) is 0 Å². The Morgan fingerprint density at radius 1 is 0.905 bits per heavy atom. The van der Waals surface area contributed by atoms with Crippen molar-refractivity contribution in [2.24, 2.45) is 0 Å². The Balaban J connectivity index is 0.00000200. The van der Waals surface area contributed by atoms with E-state index in [-0.39, 0.29) is 36.1 Å². The summed E-state index contributed by atoms with van der Waals surface area (Å²) in [5.74, 6) is -4.07. The van der Waals surface area contributed by atoms with E-state index in [0.717, 1.165) is 30.4 Å². The minimum atomic E-state index is -1.43. The molecule has 2 N–H and O–H groups in total. The quantitative estimate of drug-likeness (QED) is 0.807. The number of benzene rings is 1. The van der Waals surface area contributed by atoms with Crippen LogP contribution >= 0.6 is 24.8 Å². The first-order valence-electron chi connectivity index (χ1n) is 5.08. The van der Waals surface area contributed by atoms with E-state index in [1.54, 1.807) is 0 Å². The fourth-order valence-corrected chi connectivity index (χ4v) is 1.67. The summed E-state index contributed by atoms with van der Waals surface area (Å²) in [6.07, 6.45) is 2.03. The van der Waals surface area contributed by atoms with Crippen LogP contribution in [-0.2, 0) is 9.59 Å². The van der Waals surface area contributed by atoms with Crippen LogP contribution in [0.15, 0.2) is 30.4 Å². The molecule has 0 radical (unpaired) electrons. The predicted octanol–water partition coefficient (Wildman–Crippen LogP) is 1.36. The summed E-state index contributed by atoms with van der Waals surface area (Å²) in [5.41, 5.74) is -0.823. The van der Waals surface area contributed by atoms with Gasteiger partial charge >= 0.3 is 11.9 Å². The zero-order valence-corrected chi connectivity index (χ0v) is 11.8. The number of amides is 2. The number of aromatic carboxylic acids is 2. The van der Waals surface area contributed by atoms with Crippen LogP contribution in [0.2, 0.25) is 0 Å². The molecule has 0 aromatic heterocycles. The first-order chi connectivity index (χ1) is 8.91. The lowest BCUT2D eigenvalue weighted by molar-refractivity contribution is -0.119. The molecular formula is C12H9Cl2NO6.